The van der Waals surface area contributed by atoms with Gasteiger partial charge in [-0.25, -0.2) is 4.79 Å². The fourth-order valence-corrected chi connectivity index (χ4v) is 3.42. The van der Waals surface area contributed by atoms with E-state index in [4.69, 9.17) is 15.2 Å². The Morgan fingerprint density at radius 1 is 1.38 bits per heavy atom. The number of hydrogen-bond acceptors (Lipinski definition) is 7. The molecule has 2 heterocycles. The van der Waals surface area contributed by atoms with Crippen molar-refractivity contribution in [3.8, 4) is 0 Å². The number of nitrogens with zero attached hydrogens (tertiary/aromatic N) is 1. The van der Waals surface area contributed by atoms with Crippen molar-refractivity contribution in [3.05, 3.63) is 10.4 Å². The van der Waals surface area contributed by atoms with Crippen LogP contribution in [-0.2, 0) is 9.47 Å². The van der Waals surface area contributed by atoms with Crippen LogP contribution in [0.25, 0.3) is 0 Å². The molecule has 1 aliphatic rings. The molecule has 1 aliphatic heterocycles. The van der Waals surface area contributed by atoms with Crippen molar-refractivity contribution in [2.75, 3.05) is 43.5 Å². The standard InChI is InChI=1S/C14H20N2O4S/c1-3-20-14(18)10-11(15)12(9(2)17)21-13(10)16-5-4-7-19-8-6-16/h3-8,15H2,1-2H3. The van der Waals surface area contributed by atoms with Gasteiger partial charge >= 0.3 is 5.97 Å². The molecule has 6 nitrogen and oxygen atoms in total. The molecule has 1 saturated heterocycles. The predicted octanol–water partition coefficient (Wildman–Crippen LogP) is 1.94. The van der Waals surface area contributed by atoms with Gasteiger partial charge in [-0.1, -0.05) is 0 Å². The van der Waals surface area contributed by atoms with E-state index in [1.165, 1.54) is 18.3 Å². The van der Waals surface area contributed by atoms with Crippen LogP contribution in [0.1, 0.15) is 40.3 Å². The summed E-state index contributed by atoms with van der Waals surface area (Å²) in [7, 11) is 0. The van der Waals surface area contributed by atoms with E-state index in [2.05, 4.69) is 0 Å². The lowest BCUT2D eigenvalue weighted by atomic mass is 10.2. The Morgan fingerprint density at radius 3 is 2.81 bits per heavy atom. The van der Waals surface area contributed by atoms with Gasteiger partial charge in [-0.05, 0) is 13.3 Å². The number of rotatable bonds is 4. The highest BCUT2D eigenvalue weighted by atomic mass is 32.1. The average Bonchev–Trinajstić information content (AvgIpc) is 2.63. The van der Waals surface area contributed by atoms with Crippen molar-refractivity contribution >= 4 is 33.8 Å². The molecule has 0 radical (unpaired) electrons. The van der Waals surface area contributed by atoms with Gasteiger partial charge < -0.3 is 20.1 Å². The normalized spacial score (nSPS) is 15.6. The predicted molar refractivity (Wildman–Crippen MR) is 82.3 cm³/mol. The van der Waals surface area contributed by atoms with Crippen molar-refractivity contribution in [2.24, 2.45) is 0 Å². The van der Waals surface area contributed by atoms with E-state index in [-0.39, 0.29) is 18.1 Å². The molecule has 1 aromatic heterocycles. The van der Waals surface area contributed by atoms with Gasteiger partial charge in [0.25, 0.3) is 0 Å². The first kappa shape index (κ1) is 15.8. The molecule has 21 heavy (non-hydrogen) atoms. The number of carbonyl (C=O) groups is 2. The zero-order chi connectivity index (χ0) is 15.4. The molecule has 0 unspecified atom stereocenters. The highest BCUT2D eigenvalue weighted by Gasteiger charge is 2.28. The van der Waals surface area contributed by atoms with E-state index in [0.29, 0.717) is 35.2 Å². The Labute approximate surface area is 127 Å². The zero-order valence-electron chi connectivity index (χ0n) is 12.3. The highest BCUT2D eigenvalue weighted by molar-refractivity contribution is 7.19. The second-order valence-corrected chi connectivity index (χ2v) is 5.75. The summed E-state index contributed by atoms with van der Waals surface area (Å²) in [5, 5.41) is 0.710. The number of hydrogen-bond donors (Lipinski definition) is 1. The summed E-state index contributed by atoms with van der Waals surface area (Å²) in [5.41, 5.74) is 6.55. The van der Waals surface area contributed by atoms with Crippen LogP contribution in [0.4, 0.5) is 10.7 Å². The molecule has 7 heteroatoms. The molecule has 2 rings (SSSR count). The molecule has 0 bridgehead atoms. The number of ether oxygens (including phenoxy) is 2. The molecule has 1 aromatic rings. The summed E-state index contributed by atoms with van der Waals surface area (Å²) in [5.74, 6) is -0.612. The fraction of sp³-hybridized carbons (Fsp3) is 0.571. The second-order valence-electron chi connectivity index (χ2n) is 4.75. The van der Waals surface area contributed by atoms with Crippen molar-refractivity contribution in [3.63, 3.8) is 0 Å². The number of ketones is 1. The van der Waals surface area contributed by atoms with Gasteiger partial charge in [-0.15, -0.1) is 11.3 Å². The number of thiophene rings is 1. The van der Waals surface area contributed by atoms with Gasteiger partial charge in [0.15, 0.2) is 5.78 Å². The van der Waals surface area contributed by atoms with E-state index >= 15 is 0 Å². The number of carbonyl (C=O) groups excluding carboxylic acids is 2. The summed E-state index contributed by atoms with van der Waals surface area (Å²) < 4.78 is 10.5. The van der Waals surface area contributed by atoms with Crippen LogP contribution in [0.15, 0.2) is 0 Å². The van der Waals surface area contributed by atoms with Crippen molar-refractivity contribution in [1.82, 2.24) is 0 Å². The summed E-state index contributed by atoms with van der Waals surface area (Å²) in [4.78, 5) is 26.3. The Hall–Kier alpha value is -1.60. The molecule has 0 spiro atoms. The lowest BCUT2D eigenvalue weighted by Gasteiger charge is -2.21. The monoisotopic (exact) mass is 312 g/mol. The van der Waals surface area contributed by atoms with E-state index < -0.39 is 5.97 Å². The molecule has 0 aromatic carbocycles. The van der Waals surface area contributed by atoms with E-state index in [1.807, 2.05) is 4.90 Å². The molecule has 0 atom stereocenters. The zero-order valence-corrected chi connectivity index (χ0v) is 13.1. The summed E-state index contributed by atoms with van der Waals surface area (Å²) in [6, 6.07) is 0. The van der Waals surface area contributed by atoms with Crippen LogP contribution in [0.2, 0.25) is 0 Å². The number of nitrogens with two attached hydrogens (primary N) is 1. The summed E-state index contributed by atoms with van der Waals surface area (Å²) in [6.07, 6.45) is 0.871. The Morgan fingerprint density at radius 2 is 2.14 bits per heavy atom. The van der Waals surface area contributed by atoms with Crippen LogP contribution in [-0.4, -0.2) is 44.7 Å². The third-order valence-corrected chi connectivity index (χ3v) is 4.60. The average molecular weight is 312 g/mol. The maximum absolute atomic E-state index is 12.2. The number of anilines is 2. The van der Waals surface area contributed by atoms with Crippen LogP contribution in [0.5, 0.6) is 0 Å². The molecule has 0 aliphatic carbocycles. The van der Waals surface area contributed by atoms with E-state index in [1.54, 1.807) is 6.92 Å². The lowest BCUT2D eigenvalue weighted by molar-refractivity contribution is 0.0529. The molecule has 0 amide bonds. The van der Waals surface area contributed by atoms with Gasteiger partial charge in [0.2, 0.25) is 0 Å². The van der Waals surface area contributed by atoms with Crippen molar-refractivity contribution in [1.29, 1.82) is 0 Å². The maximum atomic E-state index is 12.2. The third-order valence-electron chi connectivity index (χ3n) is 3.24. The largest absolute Gasteiger partial charge is 0.462 e. The van der Waals surface area contributed by atoms with E-state index in [0.717, 1.165) is 13.0 Å². The van der Waals surface area contributed by atoms with Crippen LogP contribution < -0.4 is 10.6 Å². The van der Waals surface area contributed by atoms with Gasteiger partial charge in [-0.2, -0.15) is 0 Å². The molecule has 1 fully saturated rings. The minimum Gasteiger partial charge on any atom is -0.462 e. The van der Waals surface area contributed by atoms with Crippen LogP contribution in [0.3, 0.4) is 0 Å². The van der Waals surface area contributed by atoms with Crippen LogP contribution >= 0.6 is 11.3 Å². The van der Waals surface area contributed by atoms with Crippen LogP contribution in [0, 0.1) is 0 Å². The van der Waals surface area contributed by atoms with Gasteiger partial charge in [0.05, 0.1) is 23.8 Å². The Balaban J connectivity index is 2.44. The minimum atomic E-state index is -0.473. The van der Waals surface area contributed by atoms with E-state index in [9.17, 15) is 9.59 Å². The maximum Gasteiger partial charge on any atom is 0.343 e. The van der Waals surface area contributed by atoms with Gasteiger partial charge in [-0.3, -0.25) is 4.79 Å². The second kappa shape index (κ2) is 6.91. The molecule has 116 valence electrons. The highest BCUT2D eigenvalue weighted by Crippen LogP contribution is 2.39. The summed E-state index contributed by atoms with van der Waals surface area (Å²) >= 11 is 1.26. The summed E-state index contributed by atoms with van der Waals surface area (Å²) in [6.45, 7) is 6.19. The Bertz CT molecular complexity index is 533. The quantitative estimate of drug-likeness (QED) is 0.676. The first-order chi connectivity index (χ1) is 10.1. The molecular formula is C14H20N2O4S. The first-order valence-corrected chi connectivity index (χ1v) is 7.80. The minimum absolute atomic E-state index is 0.139. The van der Waals surface area contributed by atoms with Crippen molar-refractivity contribution in [2.45, 2.75) is 20.3 Å². The first-order valence-electron chi connectivity index (χ1n) is 6.99. The molecule has 0 saturated carbocycles. The molecular weight excluding hydrogens is 292 g/mol. The number of Topliss-reactive ketones (excluding diaryl/α,β-unsaturated/α-hetero) is 1. The SMILES string of the molecule is CCOC(=O)c1c(N2CCCOCC2)sc(C(C)=O)c1N. The smallest absolute Gasteiger partial charge is 0.343 e. The third kappa shape index (κ3) is 3.36. The van der Waals surface area contributed by atoms with Crippen molar-refractivity contribution < 1.29 is 19.1 Å². The topological polar surface area (TPSA) is 81.9 Å². The Kier molecular flexibility index (Phi) is 5.19. The van der Waals surface area contributed by atoms with Gasteiger partial charge in [0, 0.05) is 26.6 Å². The fourth-order valence-electron chi connectivity index (χ4n) is 2.27. The number of esters is 1. The van der Waals surface area contributed by atoms with Gasteiger partial charge in [0.1, 0.15) is 10.6 Å². The lowest BCUT2D eigenvalue weighted by Crippen LogP contribution is -2.27. The number of nitrogen functional groups attached to an aromatic ring is 1. The molecule has 2 N–H and O–H groups in total.